The van der Waals surface area contributed by atoms with Gasteiger partial charge in [0.25, 0.3) is 0 Å². The summed E-state index contributed by atoms with van der Waals surface area (Å²) in [4.78, 5) is 19.5. The molecule has 10 heteroatoms. The number of benzene rings is 1. The van der Waals surface area contributed by atoms with Crippen LogP contribution < -0.4 is 0 Å². The first kappa shape index (κ1) is 21.7. The Morgan fingerprint density at radius 3 is 2.71 bits per heavy atom. The highest BCUT2D eigenvalue weighted by Crippen LogP contribution is 2.39. The van der Waals surface area contributed by atoms with Gasteiger partial charge in [0, 0.05) is 49.9 Å². The number of ether oxygens (including phenoxy) is 1. The van der Waals surface area contributed by atoms with E-state index in [0.717, 1.165) is 27.9 Å². The van der Waals surface area contributed by atoms with Gasteiger partial charge >= 0.3 is 0 Å². The van der Waals surface area contributed by atoms with Crippen molar-refractivity contribution in [2.24, 2.45) is 14.1 Å². The fourth-order valence-corrected chi connectivity index (χ4v) is 5.15. The van der Waals surface area contributed by atoms with E-state index in [9.17, 15) is 4.79 Å². The van der Waals surface area contributed by atoms with Crippen molar-refractivity contribution < 1.29 is 13.9 Å². The minimum atomic E-state index is -0.431. The fraction of sp³-hybridized carbons (Fsp3) is 0.360. The monoisotopic (exact) mass is 475 g/mol. The lowest BCUT2D eigenvalue weighted by atomic mass is 10.0. The third-order valence-electron chi connectivity index (χ3n) is 6.94. The van der Waals surface area contributed by atoms with Crippen LogP contribution in [0.5, 0.6) is 0 Å². The van der Waals surface area contributed by atoms with Crippen LogP contribution in [0, 0.1) is 5.82 Å². The Hall–Kier alpha value is -3.79. The van der Waals surface area contributed by atoms with Crippen LogP contribution in [0.2, 0.25) is 0 Å². The van der Waals surface area contributed by atoms with Crippen molar-refractivity contribution in [3.8, 4) is 22.5 Å². The maximum Gasteiger partial charge on any atom is 0.245 e. The van der Waals surface area contributed by atoms with Crippen molar-refractivity contribution in [2.75, 3.05) is 20.3 Å². The van der Waals surface area contributed by atoms with Gasteiger partial charge in [-0.3, -0.25) is 14.2 Å². The number of hydrogen-bond acceptors (Lipinski definition) is 5. The Morgan fingerprint density at radius 1 is 1.17 bits per heavy atom. The average molecular weight is 476 g/mol. The van der Waals surface area contributed by atoms with E-state index in [1.807, 2.05) is 36.9 Å². The van der Waals surface area contributed by atoms with Crippen LogP contribution >= 0.6 is 0 Å². The van der Waals surface area contributed by atoms with Crippen LogP contribution in [0.1, 0.15) is 30.9 Å². The van der Waals surface area contributed by atoms with Crippen molar-refractivity contribution >= 4 is 22.4 Å². The average Bonchev–Trinajstić information content (AvgIpc) is 3.53. The highest BCUT2D eigenvalue weighted by Gasteiger charge is 2.35. The number of aryl methyl sites for hydroxylation is 2. The number of amides is 1. The molecule has 1 amide bonds. The van der Waals surface area contributed by atoms with Crippen LogP contribution in [-0.4, -0.2) is 60.2 Å². The van der Waals surface area contributed by atoms with Gasteiger partial charge in [0.1, 0.15) is 23.4 Å². The van der Waals surface area contributed by atoms with Crippen molar-refractivity contribution in [2.45, 2.75) is 25.9 Å². The van der Waals surface area contributed by atoms with Gasteiger partial charge in [0.2, 0.25) is 5.91 Å². The highest BCUT2D eigenvalue weighted by atomic mass is 19.1. The summed E-state index contributed by atoms with van der Waals surface area (Å²) in [5, 5.41) is 9.73. The molecule has 0 unspecified atom stereocenters. The molecular formula is C25H26FN7O2. The summed E-state index contributed by atoms with van der Waals surface area (Å²) in [5.74, 6) is 0.349. The van der Waals surface area contributed by atoms with Gasteiger partial charge in [0.15, 0.2) is 0 Å². The van der Waals surface area contributed by atoms with Gasteiger partial charge in [-0.25, -0.2) is 9.37 Å². The third-order valence-corrected chi connectivity index (χ3v) is 6.94. The number of hydrogen-bond donors (Lipinski definition) is 0. The first-order valence-electron chi connectivity index (χ1n) is 11.6. The molecule has 2 aliphatic rings. The normalized spacial score (nSPS) is 18.3. The summed E-state index contributed by atoms with van der Waals surface area (Å²) in [7, 11) is 5.42. The minimum absolute atomic E-state index is 0.0115. The first-order chi connectivity index (χ1) is 16.8. The lowest BCUT2D eigenvalue weighted by Crippen LogP contribution is -2.39. The number of aromatic nitrogens is 6. The number of halogens is 1. The lowest BCUT2D eigenvalue weighted by molar-refractivity contribution is -0.135. The second-order valence-corrected chi connectivity index (χ2v) is 9.25. The summed E-state index contributed by atoms with van der Waals surface area (Å²) in [5.41, 5.74) is 5.07. The van der Waals surface area contributed by atoms with E-state index in [-0.39, 0.29) is 11.7 Å². The molecule has 4 aromatic rings. The van der Waals surface area contributed by atoms with E-state index in [1.165, 1.54) is 6.07 Å². The predicted molar refractivity (Wildman–Crippen MR) is 129 cm³/mol. The van der Waals surface area contributed by atoms with Crippen molar-refractivity contribution in [1.29, 1.82) is 0 Å². The first-order valence-corrected chi connectivity index (χ1v) is 11.6. The summed E-state index contributed by atoms with van der Waals surface area (Å²) < 4.78 is 26.5. The number of likely N-dealkylation sites (N-methyl/N-ethyl adjacent to an activating group) is 1. The molecule has 1 atom stereocenters. The van der Waals surface area contributed by atoms with Gasteiger partial charge in [0.05, 0.1) is 42.9 Å². The van der Waals surface area contributed by atoms with Crippen molar-refractivity contribution in [3.63, 3.8) is 0 Å². The molecule has 1 aromatic carbocycles. The second kappa shape index (κ2) is 7.88. The van der Waals surface area contributed by atoms with Gasteiger partial charge in [-0.2, -0.15) is 10.2 Å². The van der Waals surface area contributed by atoms with E-state index < -0.39 is 6.04 Å². The Bertz CT molecular complexity index is 1530. The maximum atomic E-state index is 15.7. The zero-order valence-electron chi connectivity index (χ0n) is 20.1. The number of imidazole rings is 1. The van der Waals surface area contributed by atoms with Gasteiger partial charge in [-0.05, 0) is 25.0 Å². The maximum absolute atomic E-state index is 15.7. The van der Waals surface area contributed by atoms with Crippen LogP contribution in [0.4, 0.5) is 4.39 Å². The molecule has 0 radical (unpaired) electrons. The smallest absolute Gasteiger partial charge is 0.245 e. The van der Waals surface area contributed by atoms with Crippen molar-refractivity contribution in [1.82, 2.24) is 34.0 Å². The summed E-state index contributed by atoms with van der Waals surface area (Å²) in [6, 6.07) is 2.91. The van der Waals surface area contributed by atoms with Crippen LogP contribution in [0.3, 0.4) is 0 Å². The van der Waals surface area contributed by atoms with E-state index in [1.54, 1.807) is 34.6 Å². The third kappa shape index (κ3) is 3.31. The molecule has 35 heavy (non-hydrogen) atoms. The number of carbonyl (C=O) groups is 1. The predicted octanol–water partition coefficient (Wildman–Crippen LogP) is 3.31. The van der Waals surface area contributed by atoms with Gasteiger partial charge in [-0.1, -0.05) is 6.08 Å². The lowest BCUT2D eigenvalue weighted by Gasteiger charge is -2.31. The largest absolute Gasteiger partial charge is 0.377 e. The summed E-state index contributed by atoms with van der Waals surface area (Å²) in [6.45, 7) is 3.32. The Morgan fingerprint density at radius 2 is 2.00 bits per heavy atom. The van der Waals surface area contributed by atoms with Gasteiger partial charge in [-0.15, -0.1) is 0 Å². The summed E-state index contributed by atoms with van der Waals surface area (Å²) >= 11 is 0. The fourth-order valence-electron chi connectivity index (χ4n) is 5.15. The second-order valence-electron chi connectivity index (χ2n) is 9.25. The van der Waals surface area contributed by atoms with Gasteiger partial charge < -0.3 is 14.2 Å². The minimum Gasteiger partial charge on any atom is -0.377 e. The number of carbonyl (C=O) groups excluding carboxylic acids is 1. The molecule has 3 aromatic heterocycles. The molecule has 0 fully saturated rings. The van der Waals surface area contributed by atoms with E-state index in [0.29, 0.717) is 48.8 Å². The number of rotatable bonds is 3. The Balaban J connectivity index is 1.60. The standard InChI is InChI=1S/C25H26FN7O2/c1-14-25(34)30(2)13-21-23(28-24(33(14)21)15-5-7-35-8-6-15)17-9-18-20(10-19(17)26)32(4)29-22(18)16-11-27-31(3)12-16/h5,9-12,14H,6-8,13H2,1-4H3/t14-/m0/s1. The van der Waals surface area contributed by atoms with Crippen LogP contribution in [-0.2, 0) is 30.2 Å². The molecule has 2 aliphatic heterocycles. The van der Waals surface area contributed by atoms with E-state index in [2.05, 4.69) is 10.2 Å². The molecule has 0 aliphatic carbocycles. The number of fused-ring (bicyclic) bond motifs is 2. The zero-order chi connectivity index (χ0) is 24.4. The molecule has 6 rings (SSSR count). The molecule has 9 nitrogen and oxygen atoms in total. The molecule has 180 valence electrons. The van der Waals surface area contributed by atoms with E-state index in [4.69, 9.17) is 9.72 Å². The molecule has 0 spiro atoms. The number of nitrogens with zero attached hydrogens (tertiary/aromatic N) is 7. The molecular weight excluding hydrogens is 449 g/mol. The zero-order valence-corrected chi connectivity index (χ0v) is 20.1. The van der Waals surface area contributed by atoms with Crippen molar-refractivity contribution in [3.05, 3.63) is 47.9 Å². The quantitative estimate of drug-likeness (QED) is 0.454. The van der Waals surface area contributed by atoms with Crippen LogP contribution in [0.15, 0.2) is 30.6 Å². The molecule has 0 N–H and O–H groups in total. The Labute approximate surface area is 201 Å². The molecule has 0 saturated carbocycles. The molecule has 0 bridgehead atoms. The highest BCUT2D eigenvalue weighted by molar-refractivity contribution is 5.96. The topological polar surface area (TPSA) is 83.0 Å². The Kier molecular flexibility index (Phi) is 4.89. The molecule has 0 saturated heterocycles. The molecule has 5 heterocycles. The van der Waals surface area contributed by atoms with Crippen LogP contribution in [0.25, 0.3) is 39.0 Å². The summed E-state index contributed by atoms with van der Waals surface area (Å²) in [6.07, 6.45) is 6.34. The van der Waals surface area contributed by atoms with E-state index >= 15 is 4.39 Å². The SMILES string of the molecule is C[C@H]1C(=O)N(C)Cc2c(-c3cc4c(-c5cnn(C)c5)nn(C)c4cc3F)nc(C3=CCOCC3)n21.